The summed E-state index contributed by atoms with van der Waals surface area (Å²) in [6.07, 6.45) is 5.72. The zero-order valence-electron chi connectivity index (χ0n) is 15.1. The Morgan fingerprint density at radius 2 is 1.91 bits per heavy atom. The number of rotatable bonds is 1. The van der Waals surface area contributed by atoms with Crippen molar-refractivity contribution in [2.24, 2.45) is 11.8 Å². The Hall–Kier alpha value is -0.860. The summed E-state index contributed by atoms with van der Waals surface area (Å²) in [5.41, 5.74) is 3.18. The van der Waals surface area contributed by atoms with E-state index in [-0.39, 0.29) is 11.8 Å². The Balaban J connectivity index is 1.75. The van der Waals surface area contributed by atoms with Crippen LogP contribution in [0.5, 0.6) is 0 Å². The topological polar surface area (TPSA) is 12.5 Å². The van der Waals surface area contributed by atoms with E-state index in [2.05, 4.69) is 56.9 Å². The minimum absolute atomic E-state index is 0.163. The van der Waals surface area contributed by atoms with Crippen LogP contribution in [0.25, 0.3) is 0 Å². The van der Waals surface area contributed by atoms with E-state index >= 15 is 0 Å². The highest BCUT2D eigenvalue weighted by Crippen LogP contribution is 2.52. The van der Waals surface area contributed by atoms with Gasteiger partial charge in [-0.15, -0.1) is 0 Å². The van der Waals surface area contributed by atoms with Gasteiger partial charge in [-0.1, -0.05) is 44.5 Å². The van der Waals surface area contributed by atoms with E-state index in [9.17, 15) is 0 Å². The molecule has 1 saturated carbocycles. The van der Waals surface area contributed by atoms with E-state index in [1.54, 1.807) is 0 Å². The summed E-state index contributed by atoms with van der Waals surface area (Å²) in [5.74, 6) is 2.13. The molecule has 126 valence electrons. The average Bonchev–Trinajstić information content (AvgIpc) is 2.54. The largest absolute Gasteiger partial charge is 0.355 e. The molecule has 2 heteroatoms. The van der Waals surface area contributed by atoms with E-state index in [4.69, 9.17) is 4.74 Å². The summed E-state index contributed by atoms with van der Waals surface area (Å²) >= 11 is 0. The number of benzene rings is 1. The van der Waals surface area contributed by atoms with Crippen LogP contribution in [0.15, 0.2) is 24.3 Å². The predicted molar refractivity (Wildman–Crippen MR) is 94.4 cm³/mol. The zero-order valence-corrected chi connectivity index (χ0v) is 15.1. The maximum atomic E-state index is 6.75. The molecule has 0 radical (unpaired) electrons. The second-order valence-electron chi connectivity index (χ2n) is 8.59. The predicted octanol–water partition coefficient (Wildman–Crippen LogP) is 5.11. The molecule has 1 aromatic rings. The maximum Gasteiger partial charge on any atom is 0.137 e. The molecule has 3 aliphatic rings. The lowest BCUT2D eigenvalue weighted by atomic mass is 9.68. The molecular weight excluding hydrogens is 282 g/mol. The zero-order chi connectivity index (χ0) is 16.2. The molecule has 0 aromatic heterocycles. The van der Waals surface area contributed by atoms with Crippen LogP contribution in [-0.4, -0.2) is 23.1 Å². The molecule has 0 amide bonds. The van der Waals surface area contributed by atoms with Crippen LogP contribution < -0.4 is 0 Å². The molecular formula is C21H31NO. The highest BCUT2D eigenvalue weighted by Gasteiger charge is 2.52. The maximum absolute atomic E-state index is 6.75. The van der Waals surface area contributed by atoms with Gasteiger partial charge in [-0.2, -0.15) is 0 Å². The van der Waals surface area contributed by atoms with Crippen LogP contribution in [0.2, 0.25) is 0 Å². The number of nitrogens with zero attached hydrogens (tertiary/aromatic N) is 1. The van der Waals surface area contributed by atoms with Gasteiger partial charge in [0.15, 0.2) is 0 Å². The molecule has 23 heavy (non-hydrogen) atoms. The van der Waals surface area contributed by atoms with E-state index < -0.39 is 0 Å². The fourth-order valence-electron chi connectivity index (χ4n) is 5.41. The molecule has 2 aliphatic heterocycles. The van der Waals surface area contributed by atoms with Gasteiger partial charge in [-0.05, 0) is 56.1 Å². The molecule has 2 nitrogen and oxygen atoms in total. The monoisotopic (exact) mass is 313 g/mol. The third kappa shape index (κ3) is 2.37. The molecule has 0 bridgehead atoms. The van der Waals surface area contributed by atoms with Crippen molar-refractivity contribution in [1.82, 2.24) is 4.90 Å². The summed E-state index contributed by atoms with van der Waals surface area (Å²) in [4.78, 5) is 2.68. The number of hydrogen-bond donors (Lipinski definition) is 0. The highest BCUT2D eigenvalue weighted by atomic mass is 16.5. The molecule has 2 unspecified atom stereocenters. The summed E-state index contributed by atoms with van der Waals surface area (Å²) in [6.45, 7) is 10.8. The van der Waals surface area contributed by atoms with Gasteiger partial charge in [0, 0.05) is 18.0 Å². The Morgan fingerprint density at radius 3 is 2.65 bits per heavy atom. The first-order valence-corrected chi connectivity index (χ1v) is 9.53. The Labute approximate surface area is 141 Å². The lowest BCUT2D eigenvalue weighted by Gasteiger charge is -2.59. The molecule has 2 fully saturated rings. The Kier molecular flexibility index (Phi) is 3.81. The first-order chi connectivity index (χ1) is 11.0. The van der Waals surface area contributed by atoms with Crippen molar-refractivity contribution < 1.29 is 4.74 Å². The van der Waals surface area contributed by atoms with E-state index in [1.165, 1.54) is 36.8 Å². The first kappa shape index (κ1) is 15.7. The van der Waals surface area contributed by atoms with Gasteiger partial charge in [-0.3, -0.25) is 4.90 Å². The van der Waals surface area contributed by atoms with Gasteiger partial charge in [0.2, 0.25) is 0 Å². The molecule has 4 rings (SSSR count). The van der Waals surface area contributed by atoms with E-state index in [1.807, 2.05) is 0 Å². The van der Waals surface area contributed by atoms with Gasteiger partial charge in [-0.25, -0.2) is 0 Å². The quantitative estimate of drug-likeness (QED) is 0.714. The molecule has 2 heterocycles. The first-order valence-electron chi connectivity index (χ1n) is 9.53. The lowest BCUT2D eigenvalue weighted by molar-refractivity contribution is -0.242. The summed E-state index contributed by atoms with van der Waals surface area (Å²) in [5, 5.41) is 0. The van der Waals surface area contributed by atoms with Crippen molar-refractivity contribution in [2.45, 2.75) is 77.2 Å². The summed E-state index contributed by atoms with van der Waals surface area (Å²) in [6, 6.07) is 9.00. The normalized spacial score (nSPS) is 39.2. The molecule has 5 atom stereocenters. The highest BCUT2D eigenvalue weighted by molar-refractivity contribution is 5.35. The van der Waals surface area contributed by atoms with Crippen LogP contribution in [0.1, 0.15) is 76.7 Å². The van der Waals surface area contributed by atoms with Crippen LogP contribution in [0.3, 0.4) is 0 Å². The third-order valence-corrected chi connectivity index (χ3v) is 6.90. The second-order valence-corrected chi connectivity index (χ2v) is 8.59. The molecule has 0 spiro atoms. The van der Waals surface area contributed by atoms with Crippen molar-refractivity contribution in [1.29, 1.82) is 0 Å². The van der Waals surface area contributed by atoms with Gasteiger partial charge in [0.05, 0.1) is 6.10 Å². The smallest absolute Gasteiger partial charge is 0.137 e. The number of ether oxygens (including phenoxy) is 1. The summed E-state index contributed by atoms with van der Waals surface area (Å²) in [7, 11) is 0. The minimum Gasteiger partial charge on any atom is -0.355 e. The average molecular weight is 313 g/mol. The van der Waals surface area contributed by atoms with E-state index in [0.717, 1.165) is 12.5 Å². The van der Waals surface area contributed by atoms with Crippen LogP contribution in [0, 0.1) is 11.8 Å². The lowest BCUT2D eigenvalue weighted by Crippen LogP contribution is -2.63. The van der Waals surface area contributed by atoms with Crippen molar-refractivity contribution >= 4 is 0 Å². The van der Waals surface area contributed by atoms with Crippen molar-refractivity contribution in [3.05, 3.63) is 35.4 Å². The standard InChI is InChI=1S/C21H31NO/c1-5-15-13-22-20(17-9-7-6-8-16(15)17)23-19-12-14(2)10-11-18(19)21(22,3)4/h6-9,14-15,18-20H,5,10-13H2,1-4H3/t14-,15+,18?,19?,20+/m1/s1. The Bertz CT molecular complexity index is 581. The molecule has 0 N–H and O–H groups in total. The van der Waals surface area contributed by atoms with Crippen molar-refractivity contribution in [3.63, 3.8) is 0 Å². The molecule has 1 aromatic carbocycles. The fourth-order valence-corrected chi connectivity index (χ4v) is 5.41. The van der Waals surface area contributed by atoms with E-state index in [0.29, 0.717) is 17.9 Å². The number of fused-ring (bicyclic) bond motifs is 4. The summed E-state index contributed by atoms with van der Waals surface area (Å²) < 4.78 is 6.75. The third-order valence-electron chi connectivity index (χ3n) is 6.90. The van der Waals surface area contributed by atoms with Gasteiger partial charge < -0.3 is 4.74 Å². The molecule has 1 saturated heterocycles. The molecule has 1 aliphatic carbocycles. The minimum atomic E-state index is 0.163. The van der Waals surface area contributed by atoms with Crippen molar-refractivity contribution in [3.8, 4) is 0 Å². The van der Waals surface area contributed by atoms with Gasteiger partial charge in [0.1, 0.15) is 6.23 Å². The van der Waals surface area contributed by atoms with Crippen LogP contribution in [-0.2, 0) is 4.74 Å². The van der Waals surface area contributed by atoms with Crippen LogP contribution >= 0.6 is 0 Å². The Morgan fingerprint density at radius 1 is 1.17 bits per heavy atom. The second kappa shape index (κ2) is 5.60. The van der Waals surface area contributed by atoms with Gasteiger partial charge in [0.25, 0.3) is 0 Å². The number of hydrogen-bond acceptors (Lipinski definition) is 2. The SMILES string of the molecule is CC[C@H]1CN2[C@@H](OC3C[C@H](C)CCC3C2(C)C)c2ccccc21. The van der Waals surface area contributed by atoms with Gasteiger partial charge >= 0.3 is 0 Å². The van der Waals surface area contributed by atoms with Crippen molar-refractivity contribution in [2.75, 3.05) is 6.54 Å². The fraction of sp³-hybridized carbons (Fsp3) is 0.714. The van der Waals surface area contributed by atoms with Crippen LogP contribution in [0.4, 0.5) is 0 Å².